The van der Waals surface area contributed by atoms with Gasteiger partial charge in [0.15, 0.2) is 11.2 Å². The second-order valence-electron chi connectivity index (χ2n) is 7.10. The van der Waals surface area contributed by atoms with E-state index in [4.69, 9.17) is 0 Å². The number of hydrogen-bond acceptors (Lipinski definition) is 4. The van der Waals surface area contributed by atoms with E-state index >= 15 is 0 Å². The van der Waals surface area contributed by atoms with Gasteiger partial charge in [-0.15, -0.1) is 0 Å². The topological polar surface area (TPSA) is 80.9 Å². The highest BCUT2D eigenvalue weighted by Crippen LogP contribution is 2.33. The molecule has 0 unspecified atom stereocenters. The monoisotopic (exact) mass is 300 g/mol. The summed E-state index contributed by atoms with van der Waals surface area (Å²) in [6, 6.07) is 0. The van der Waals surface area contributed by atoms with Gasteiger partial charge in [0.25, 0.3) is 0 Å². The zero-order valence-corrected chi connectivity index (χ0v) is 13.1. The van der Waals surface area contributed by atoms with Crippen molar-refractivity contribution >= 4 is 16.9 Å². The predicted octanol–water partition coefficient (Wildman–Crippen LogP) is 2.18. The molecule has 1 fully saturated rings. The molecule has 1 N–H and O–H groups in total. The molecular formula is C15H20N6O. The van der Waals surface area contributed by atoms with Crippen LogP contribution in [-0.4, -0.2) is 29.1 Å². The Morgan fingerprint density at radius 1 is 1.23 bits per heavy atom. The van der Waals surface area contributed by atoms with Crippen molar-refractivity contribution < 1.29 is 0 Å². The molecule has 0 radical (unpaired) electrons. The van der Waals surface area contributed by atoms with E-state index in [1.54, 1.807) is 10.8 Å². The molecule has 7 nitrogen and oxygen atoms in total. The zero-order valence-electron chi connectivity index (χ0n) is 13.1. The molecule has 4 rings (SSSR count). The van der Waals surface area contributed by atoms with Gasteiger partial charge in [0.05, 0.1) is 0 Å². The lowest BCUT2D eigenvalue weighted by Gasteiger charge is -2.19. The van der Waals surface area contributed by atoms with Crippen molar-refractivity contribution in [2.24, 2.45) is 0 Å². The molecule has 3 heterocycles. The van der Waals surface area contributed by atoms with E-state index in [0.29, 0.717) is 22.9 Å². The summed E-state index contributed by atoms with van der Waals surface area (Å²) < 4.78 is 3.56. The second-order valence-corrected chi connectivity index (χ2v) is 7.10. The first-order chi connectivity index (χ1) is 10.4. The smallest absolute Gasteiger partial charge is 0.300 e. The number of imidazole rings is 1. The van der Waals surface area contributed by atoms with Gasteiger partial charge in [0, 0.05) is 11.5 Å². The van der Waals surface area contributed by atoms with Gasteiger partial charge in [-0.3, -0.25) is 9.36 Å². The Morgan fingerprint density at radius 2 is 1.95 bits per heavy atom. The summed E-state index contributed by atoms with van der Waals surface area (Å²) in [5.74, 6) is 1.86. The Bertz CT molecular complexity index is 904. The van der Waals surface area contributed by atoms with Crippen LogP contribution in [-0.2, 0) is 5.54 Å². The van der Waals surface area contributed by atoms with Gasteiger partial charge in [-0.25, -0.2) is 4.98 Å². The Labute approximate surface area is 127 Å². The molecule has 1 aliphatic rings. The SMILES string of the molecule is CC(C)(C)n1cnn2c3nc(C4CCCC4)[nH]c3c(=O)nc12. The molecule has 1 aliphatic carbocycles. The number of nitrogens with zero attached hydrogens (tertiary/aromatic N) is 5. The van der Waals surface area contributed by atoms with Crippen LogP contribution in [0.25, 0.3) is 16.9 Å². The molecule has 0 bridgehead atoms. The molecule has 0 amide bonds. The van der Waals surface area contributed by atoms with Crippen molar-refractivity contribution in [2.45, 2.75) is 57.9 Å². The fraction of sp³-hybridized carbons (Fsp3) is 0.600. The van der Waals surface area contributed by atoms with Gasteiger partial charge in [0.2, 0.25) is 5.78 Å². The zero-order chi connectivity index (χ0) is 15.5. The van der Waals surface area contributed by atoms with Crippen LogP contribution < -0.4 is 5.56 Å². The summed E-state index contributed by atoms with van der Waals surface area (Å²) in [4.78, 5) is 24.4. The van der Waals surface area contributed by atoms with E-state index < -0.39 is 0 Å². The summed E-state index contributed by atoms with van der Waals surface area (Å²) >= 11 is 0. The molecule has 7 heteroatoms. The molecule has 1 saturated carbocycles. The van der Waals surface area contributed by atoms with Crippen molar-refractivity contribution in [3.8, 4) is 0 Å². The van der Waals surface area contributed by atoms with E-state index in [1.165, 1.54) is 12.8 Å². The maximum atomic E-state index is 12.4. The van der Waals surface area contributed by atoms with Crippen LogP contribution in [0.2, 0.25) is 0 Å². The number of nitrogens with one attached hydrogen (secondary N) is 1. The average Bonchev–Trinajstić information content (AvgIpc) is 3.15. The molecule has 116 valence electrons. The van der Waals surface area contributed by atoms with Crippen LogP contribution in [0.3, 0.4) is 0 Å². The first-order valence-electron chi connectivity index (χ1n) is 7.81. The van der Waals surface area contributed by atoms with Gasteiger partial charge in [-0.05, 0) is 33.6 Å². The van der Waals surface area contributed by atoms with Gasteiger partial charge >= 0.3 is 5.56 Å². The number of fused-ring (bicyclic) bond motifs is 3. The summed E-state index contributed by atoms with van der Waals surface area (Å²) in [7, 11) is 0. The van der Waals surface area contributed by atoms with E-state index in [9.17, 15) is 4.79 Å². The first kappa shape index (κ1) is 13.5. The number of aromatic nitrogens is 6. The Balaban J connectivity index is 1.99. The third-order valence-corrected chi connectivity index (χ3v) is 4.47. The molecule has 0 aromatic carbocycles. The van der Waals surface area contributed by atoms with E-state index in [2.05, 4.69) is 40.8 Å². The Morgan fingerprint density at radius 3 is 2.64 bits per heavy atom. The maximum Gasteiger partial charge on any atom is 0.300 e. The summed E-state index contributed by atoms with van der Waals surface area (Å²) in [5.41, 5.74) is 0.579. The molecule has 0 atom stereocenters. The lowest BCUT2D eigenvalue weighted by atomic mass is 10.1. The summed E-state index contributed by atoms with van der Waals surface area (Å²) in [5, 5.41) is 4.39. The van der Waals surface area contributed by atoms with Crippen LogP contribution in [0.15, 0.2) is 11.1 Å². The van der Waals surface area contributed by atoms with Crippen LogP contribution in [0.4, 0.5) is 0 Å². The molecule has 0 aliphatic heterocycles. The molecule has 0 spiro atoms. The van der Waals surface area contributed by atoms with Crippen molar-refractivity contribution in [1.82, 2.24) is 29.1 Å². The van der Waals surface area contributed by atoms with Crippen LogP contribution >= 0.6 is 0 Å². The minimum absolute atomic E-state index is 0.195. The number of aromatic amines is 1. The van der Waals surface area contributed by atoms with Gasteiger partial charge in [0.1, 0.15) is 12.2 Å². The highest BCUT2D eigenvalue weighted by Gasteiger charge is 2.24. The van der Waals surface area contributed by atoms with Crippen molar-refractivity contribution in [3.63, 3.8) is 0 Å². The number of H-pyrrole nitrogens is 1. The molecule has 3 aromatic rings. The lowest BCUT2D eigenvalue weighted by molar-refractivity contribution is 0.405. The maximum absolute atomic E-state index is 12.4. The van der Waals surface area contributed by atoms with Gasteiger partial charge in [-0.2, -0.15) is 14.6 Å². The van der Waals surface area contributed by atoms with Crippen LogP contribution in [0.1, 0.15) is 58.2 Å². The average molecular weight is 300 g/mol. The second kappa shape index (κ2) is 4.41. The summed E-state index contributed by atoms with van der Waals surface area (Å²) in [6.07, 6.45) is 6.43. The summed E-state index contributed by atoms with van der Waals surface area (Å²) in [6.45, 7) is 6.17. The van der Waals surface area contributed by atoms with Crippen LogP contribution in [0.5, 0.6) is 0 Å². The van der Waals surface area contributed by atoms with Crippen molar-refractivity contribution in [2.75, 3.05) is 0 Å². The minimum Gasteiger partial charge on any atom is -0.336 e. The van der Waals surface area contributed by atoms with Crippen LogP contribution in [0, 0.1) is 0 Å². The van der Waals surface area contributed by atoms with Gasteiger partial charge in [-0.1, -0.05) is 12.8 Å². The van der Waals surface area contributed by atoms with E-state index in [1.807, 2.05) is 4.57 Å². The molecule has 0 saturated heterocycles. The molecule has 3 aromatic heterocycles. The highest BCUT2D eigenvalue weighted by atomic mass is 16.1. The third-order valence-electron chi connectivity index (χ3n) is 4.47. The first-order valence-corrected chi connectivity index (χ1v) is 7.81. The minimum atomic E-state index is -0.266. The number of hydrogen-bond donors (Lipinski definition) is 1. The predicted molar refractivity (Wildman–Crippen MR) is 83.1 cm³/mol. The standard InChI is InChI=1S/C15H20N6O/c1-15(2,3)20-8-16-21-12-10(13(22)19-14(20)21)17-11(18-12)9-6-4-5-7-9/h8-9H,4-7H2,1-3H3,(H,17,18). The Kier molecular flexibility index (Phi) is 2.70. The Hall–Kier alpha value is -2.18. The fourth-order valence-electron chi connectivity index (χ4n) is 3.26. The fourth-order valence-corrected chi connectivity index (χ4v) is 3.26. The highest BCUT2D eigenvalue weighted by molar-refractivity contribution is 5.72. The largest absolute Gasteiger partial charge is 0.336 e. The molecule has 22 heavy (non-hydrogen) atoms. The lowest BCUT2D eigenvalue weighted by Crippen LogP contribution is -2.23. The van der Waals surface area contributed by atoms with Gasteiger partial charge < -0.3 is 4.98 Å². The third kappa shape index (κ3) is 1.88. The quantitative estimate of drug-likeness (QED) is 0.747. The van der Waals surface area contributed by atoms with E-state index in [-0.39, 0.29) is 11.1 Å². The normalized spacial score (nSPS) is 17.0. The number of rotatable bonds is 1. The van der Waals surface area contributed by atoms with Crippen molar-refractivity contribution in [1.29, 1.82) is 0 Å². The molecular weight excluding hydrogens is 280 g/mol. The van der Waals surface area contributed by atoms with E-state index in [0.717, 1.165) is 18.7 Å². The van der Waals surface area contributed by atoms with Crippen molar-refractivity contribution in [3.05, 3.63) is 22.5 Å².